The molecule has 2 aromatic carbocycles. The fourth-order valence-corrected chi connectivity index (χ4v) is 2.01. The Kier molecular flexibility index (Phi) is 5.82. The summed E-state index contributed by atoms with van der Waals surface area (Å²) in [6.07, 6.45) is -1.01. The van der Waals surface area contributed by atoms with Crippen LogP contribution in [0.2, 0.25) is 0 Å². The molecule has 0 heterocycles. The minimum absolute atomic E-state index is 0.0155. The molecule has 2 rings (SSSR count). The zero-order chi connectivity index (χ0) is 17.5. The minimum atomic E-state index is -2.91. The van der Waals surface area contributed by atoms with E-state index in [9.17, 15) is 18.7 Å². The van der Waals surface area contributed by atoms with E-state index in [1.165, 1.54) is 30.3 Å². The van der Waals surface area contributed by atoms with Crippen molar-refractivity contribution in [1.29, 1.82) is 5.26 Å². The number of nitriles is 1. The van der Waals surface area contributed by atoms with Crippen LogP contribution in [0.4, 0.5) is 8.78 Å². The highest BCUT2D eigenvalue weighted by atomic mass is 19.3. The molecule has 0 spiro atoms. The van der Waals surface area contributed by atoms with Gasteiger partial charge in [0, 0.05) is 12.1 Å². The number of nitrogens with one attached hydrogen (secondary N) is 1. The summed E-state index contributed by atoms with van der Waals surface area (Å²) in [6, 6.07) is 13.6. The van der Waals surface area contributed by atoms with E-state index in [0.717, 1.165) is 0 Å². The summed E-state index contributed by atoms with van der Waals surface area (Å²) in [7, 11) is 0. The topological polar surface area (TPSA) is 82.4 Å². The molecule has 1 unspecified atom stereocenters. The number of hydrogen-bond acceptors (Lipinski definition) is 4. The Labute approximate surface area is 137 Å². The van der Waals surface area contributed by atoms with Crippen LogP contribution >= 0.6 is 0 Å². The molecular formula is C17H14F2N2O3. The van der Waals surface area contributed by atoms with E-state index < -0.39 is 18.6 Å². The minimum Gasteiger partial charge on any atom is -0.435 e. The molecule has 2 aromatic rings. The summed E-state index contributed by atoms with van der Waals surface area (Å²) in [5, 5.41) is 21.4. The predicted octanol–water partition coefficient (Wildman–Crippen LogP) is 2.62. The van der Waals surface area contributed by atoms with E-state index >= 15 is 0 Å². The van der Waals surface area contributed by atoms with Crippen LogP contribution in [0.3, 0.4) is 0 Å². The van der Waals surface area contributed by atoms with E-state index in [0.29, 0.717) is 16.7 Å². The van der Waals surface area contributed by atoms with Gasteiger partial charge < -0.3 is 15.2 Å². The number of nitrogens with zero attached hydrogens (tertiary/aromatic N) is 1. The molecule has 24 heavy (non-hydrogen) atoms. The lowest BCUT2D eigenvalue weighted by Crippen LogP contribution is -2.28. The average molecular weight is 332 g/mol. The summed E-state index contributed by atoms with van der Waals surface area (Å²) in [5.41, 5.74) is 1.11. The van der Waals surface area contributed by atoms with Crippen molar-refractivity contribution >= 4 is 5.91 Å². The Morgan fingerprint density at radius 3 is 2.58 bits per heavy atom. The molecule has 0 bridgehead atoms. The molecule has 5 nitrogen and oxygen atoms in total. The predicted molar refractivity (Wildman–Crippen MR) is 81.5 cm³/mol. The maximum Gasteiger partial charge on any atom is 0.387 e. The number of amides is 1. The number of aliphatic hydroxyl groups excluding tert-OH is 1. The highest BCUT2D eigenvalue weighted by Crippen LogP contribution is 2.19. The first-order valence-corrected chi connectivity index (χ1v) is 7.01. The lowest BCUT2D eigenvalue weighted by Gasteiger charge is -2.13. The molecular weight excluding hydrogens is 318 g/mol. The van der Waals surface area contributed by atoms with Gasteiger partial charge in [-0.3, -0.25) is 4.79 Å². The molecule has 0 fully saturated rings. The standard InChI is InChI=1S/C17H14F2N2O3/c18-17(19)24-14-6-4-12(5-7-14)15(22)10-21-16(23)13-3-1-2-11(8-13)9-20/h1-8,15,17,22H,10H2,(H,21,23). The van der Waals surface area contributed by atoms with E-state index in [1.54, 1.807) is 18.2 Å². The quantitative estimate of drug-likeness (QED) is 0.852. The first kappa shape index (κ1) is 17.4. The number of aliphatic hydroxyl groups is 1. The summed E-state index contributed by atoms with van der Waals surface area (Å²) in [5.74, 6) is -0.442. The van der Waals surface area contributed by atoms with Crippen molar-refractivity contribution in [2.45, 2.75) is 12.7 Å². The number of halogens is 2. The van der Waals surface area contributed by atoms with Gasteiger partial charge in [0.15, 0.2) is 0 Å². The SMILES string of the molecule is N#Cc1cccc(C(=O)NCC(O)c2ccc(OC(F)F)cc2)c1. The van der Waals surface area contributed by atoms with Gasteiger partial charge in [0.05, 0.1) is 17.7 Å². The van der Waals surface area contributed by atoms with Crippen molar-refractivity contribution in [3.05, 3.63) is 65.2 Å². The average Bonchev–Trinajstić information content (AvgIpc) is 2.59. The van der Waals surface area contributed by atoms with Crippen LogP contribution in [0.1, 0.15) is 27.6 Å². The van der Waals surface area contributed by atoms with Gasteiger partial charge in [0.25, 0.3) is 5.91 Å². The van der Waals surface area contributed by atoms with Crippen molar-refractivity contribution in [3.63, 3.8) is 0 Å². The van der Waals surface area contributed by atoms with Crippen LogP contribution in [0.5, 0.6) is 5.75 Å². The van der Waals surface area contributed by atoms with Crippen molar-refractivity contribution in [2.24, 2.45) is 0 Å². The maximum atomic E-state index is 12.1. The zero-order valence-corrected chi connectivity index (χ0v) is 12.4. The molecule has 124 valence electrons. The summed E-state index contributed by atoms with van der Waals surface area (Å²) in [4.78, 5) is 12.0. The number of carbonyl (C=O) groups is 1. The second kappa shape index (κ2) is 8.04. The number of benzene rings is 2. The molecule has 1 atom stereocenters. The molecule has 0 saturated carbocycles. The van der Waals surface area contributed by atoms with Gasteiger partial charge in [-0.2, -0.15) is 14.0 Å². The van der Waals surface area contributed by atoms with Crippen molar-refractivity contribution in [2.75, 3.05) is 6.54 Å². The third-order valence-electron chi connectivity index (χ3n) is 3.20. The highest BCUT2D eigenvalue weighted by molar-refractivity contribution is 5.94. The monoisotopic (exact) mass is 332 g/mol. The third kappa shape index (κ3) is 4.76. The number of alkyl halides is 2. The van der Waals surface area contributed by atoms with E-state index in [4.69, 9.17) is 5.26 Å². The van der Waals surface area contributed by atoms with E-state index in [-0.39, 0.29) is 12.3 Å². The molecule has 0 saturated heterocycles. The summed E-state index contributed by atoms with van der Waals surface area (Å²) in [6.45, 7) is -2.98. The Morgan fingerprint density at radius 2 is 1.96 bits per heavy atom. The molecule has 0 aromatic heterocycles. The van der Waals surface area contributed by atoms with Crippen molar-refractivity contribution < 1.29 is 23.4 Å². The molecule has 1 amide bonds. The second-order valence-corrected chi connectivity index (χ2v) is 4.87. The van der Waals surface area contributed by atoms with Crippen LogP contribution < -0.4 is 10.1 Å². The molecule has 0 aliphatic heterocycles. The Morgan fingerprint density at radius 1 is 1.25 bits per heavy atom. The van der Waals surface area contributed by atoms with Gasteiger partial charge in [-0.25, -0.2) is 0 Å². The van der Waals surface area contributed by atoms with Gasteiger partial charge >= 0.3 is 6.61 Å². The van der Waals surface area contributed by atoms with Gasteiger partial charge in [0.1, 0.15) is 5.75 Å². The van der Waals surface area contributed by atoms with Crippen LogP contribution in [0.15, 0.2) is 48.5 Å². The number of carbonyl (C=O) groups excluding carboxylic acids is 1. The first-order chi connectivity index (χ1) is 11.5. The van der Waals surface area contributed by atoms with Crippen LogP contribution in [0.25, 0.3) is 0 Å². The van der Waals surface area contributed by atoms with Gasteiger partial charge in [-0.15, -0.1) is 0 Å². The Balaban J connectivity index is 1.93. The van der Waals surface area contributed by atoms with Crippen LogP contribution in [-0.2, 0) is 0 Å². The van der Waals surface area contributed by atoms with Crippen LogP contribution in [-0.4, -0.2) is 24.2 Å². The number of ether oxygens (including phenoxy) is 1. The largest absolute Gasteiger partial charge is 0.435 e. The highest BCUT2D eigenvalue weighted by Gasteiger charge is 2.12. The number of hydrogen-bond donors (Lipinski definition) is 2. The molecule has 7 heteroatoms. The van der Waals surface area contributed by atoms with Gasteiger partial charge in [-0.05, 0) is 35.9 Å². The normalized spacial score (nSPS) is 11.6. The molecule has 0 radical (unpaired) electrons. The van der Waals surface area contributed by atoms with E-state index in [2.05, 4.69) is 10.1 Å². The Hall–Kier alpha value is -2.98. The lowest BCUT2D eigenvalue weighted by molar-refractivity contribution is -0.0498. The molecule has 0 aliphatic carbocycles. The zero-order valence-electron chi connectivity index (χ0n) is 12.4. The lowest BCUT2D eigenvalue weighted by atomic mass is 10.1. The van der Waals surface area contributed by atoms with Crippen molar-refractivity contribution in [1.82, 2.24) is 5.32 Å². The third-order valence-corrected chi connectivity index (χ3v) is 3.20. The second-order valence-electron chi connectivity index (χ2n) is 4.87. The van der Waals surface area contributed by atoms with Gasteiger partial charge in [-0.1, -0.05) is 18.2 Å². The van der Waals surface area contributed by atoms with E-state index in [1.807, 2.05) is 6.07 Å². The van der Waals surface area contributed by atoms with Crippen LogP contribution in [0, 0.1) is 11.3 Å². The maximum absolute atomic E-state index is 12.1. The molecule has 0 aliphatic rings. The first-order valence-electron chi connectivity index (χ1n) is 7.01. The van der Waals surface area contributed by atoms with Crippen molar-refractivity contribution in [3.8, 4) is 11.8 Å². The molecule has 2 N–H and O–H groups in total. The number of rotatable bonds is 6. The smallest absolute Gasteiger partial charge is 0.387 e. The summed E-state index contributed by atoms with van der Waals surface area (Å²) >= 11 is 0. The van der Waals surface area contributed by atoms with Gasteiger partial charge in [0.2, 0.25) is 0 Å². The fraction of sp³-hybridized carbons (Fsp3) is 0.176. The summed E-state index contributed by atoms with van der Waals surface area (Å²) < 4.78 is 28.3. The fourth-order valence-electron chi connectivity index (χ4n) is 2.01. The Bertz CT molecular complexity index is 742.